The van der Waals surface area contributed by atoms with Crippen LogP contribution in [0.1, 0.15) is 82.3 Å². The van der Waals surface area contributed by atoms with Gasteiger partial charge in [0.05, 0.1) is 0 Å². The van der Waals surface area contributed by atoms with E-state index in [1.807, 2.05) is 6.07 Å². The highest BCUT2D eigenvalue weighted by molar-refractivity contribution is 5.23. The van der Waals surface area contributed by atoms with Gasteiger partial charge in [0.25, 0.3) is 0 Å². The molecule has 0 radical (unpaired) electrons. The van der Waals surface area contributed by atoms with Crippen LogP contribution in [-0.2, 0) is 12.8 Å². The second-order valence-corrected chi connectivity index (χ2v) is 7.62. The van der Waals surface area contributed by atoms with E-state index >= 15 is 0 Å². The maximum Gasteiger partial charge on any atom is 0.152 e. The fourth-order valence-electron chi connectivity index (χ4n) is 3.91. The first kappa shape index (κ1) is 19.6. The molecule has 0 amide bonds. The molecule has 0 aliphatic heterocycles. The fourth-order valence-corrected chi connectivity index (χ4v) is 3.91. The Labute approximate surface area is 154 Å². The summed E-state index contributed by atoms with van der Waals surface area (Å²) in [5.41, 5.74) is 2.98. The molecule has 0 atom stereocenters. The topological polar surface area (TPSA) is 23.8 Å². The Kier molecular flexibility index (Phi) is 9.22. The third-order valence-electron chi connectivity index (χ3n) is 5.61. The first-order chi connectivity index (χ1) is 12.3. The molecule has 0 saturated heterocycles. The van der Waals surface area contributed by atoms with E-state index in [1.165, 1.54) is 88.2 Å². The van der Waals surface area contributed by atoms with Crippen LogP contribution in [0.15, 0.2) is 24.3 Å². The molecule has 0 heterocycles. The van der Waals surface area contributed by atoms with E-state index in [0.29, 0.717) is 5.92 Å². The summed E-state index contributed by atoms with van der Waals surface area (Å²) in [7, 11) is 0. The van der Waals surface area contributed by atoms with Crippen LogP contribution >= 0.6 is 0 Å². The van der Waals surface area contributed by atoms with Crippen LogP contribution < -0.4 is 0 Å². The van der Waals surface area contributed by atoms with Crippen molar-refractivity contribution >= 4 is 0 Å². The molecule has 0 aromatic heterocycles. The first-order valence-electron chi connectivity index (χ1n) is 10.3. The Morgan fingerprint density at radius 1 is 0.880 bits per heavy atom. The van der Waals surface area contributed by atoms with Crippen molar-refractivity contribution in [3.63, 3.8) is 0 Å². The largest absolute Gasteiger partial charge is 0.183 e. The van der Waals surface area contributed by atoms with E-state index < -0.39 is 0 Å². The van der Waals surface area contributed by atoms with Crippen LogP contribution in [-0.4, -0.2) is 0 Å². The second-order valence-electron chi connectivity index (χ2n) is 7.62. The summed E-state index contributed by atoms with van der Waals surface area (Å²) < 4.78 is 0. The fraction of sp³-hybridized carbons (Fsp3) is 0.625. The predicted octanol–water partition coefficient (Wildman–Crippen LogP) is 6.47. The first-order valence-corrected chi connectivity index (χ1v) is 10.3. The highest BCUT2D eigenvalue weighted by atomic mass is 14.2. The number of aryl methyl sites for hydroxylation is 2. The molecule has 0 N–H and O–H groups in total. The van der Waals surface area contributed by atoms with Crippen LogP contribution in [0.3, 0.4) is 0 Å². The van der Waals surface area contributed by atoms with Crippen molar-refractivity contribution in [1.29, 1.82) is 5.26 Å². The zero-order valence-corrected chi connectivity index (χ0v) is 15.9. The zero-order chi connectivity index (χ0) is 17.7. The minimum atomic E-state index is 0.465. The van der Waals surface area contributed by atoms with Crippen molar-refractivity contribution in [2.75, 3.05) is 0 Å². The summed E-state index contributed by atoms with van der Waals surface area (Å²) >= 11 is 0. The molecule has 1 fully saturated rings. The standard InChI is InChI=1S/C24H33N/c1-2-3-4-5-6-8-21-10-14-23(15-11-21)18-19-24-16-12-22(13-17-24)9-7-20-25/h10-11,14-15,22,24H,2-6,8,12-13,16-19H2,1H3/t22-,24-. The van der Waals surface area contributed by atoms with Crippen molar-refractivity contribution in [3.05, 3.63) is 35.4 Å². The van der Waals surface area contributed by atoms with E-state index in [1.54, 1.807) is 0 Å². The molecule has 0 spiro atoms. The molecule has 0 bridgehead atoms. The van der Waals surface area contributed by atoms with Gasteiger partial charge in [-0.25, -0.2) is 0 Å². The SMILES string of the molecule is CCCCCCCc1ccc(CC[C@H]2CC[C@H](C#CC#N)CC2)cc1. The normalized spacial score (nSPS) is 19.7. The summed E-state index contributed by atoms with van der Waals surface area (Å²) in [5, 5.41) is 8.54. The van der Waals surface area contributed by atoms with Gasteiger partial charge >= 0.3 is 0 Å². The average Bonchev–Trinajstić information content (AvgIpc) is 2.66. The summed E-state index contributed by atoms with van der Waals surface area (Å²) in [4.78, 5) is 0. The lowest BCUT2D eigenvalue weighted by Gasteiger charge is -2.25. The minimum absolute atomic E-state index is 0.465. The Bertz CT molecular complexity index is 573. The number of nitrogens with zero attached hydrogens (tertiary/aromatic N) is 1. The zero-order valence-electron chi connectivity index (χ0n) is 15.9. The van der Waals surface area contributed by atoms with E-state index in [9.17, 15) is 0 Å². The maximum absolute atomic E-state index is 8.54. The lowest BCUT2D eigenvalue weighted by atomic mass is 9.80. The van der Waals surface area contributed by atoms with Crippen molar-refractivity contribution in [3.8, 4) is 17.9 Å². The van der Waals surface area contributed by atoms with Gasteiger partial charge in [-0.1, -0.05) is 62.8 Å². The highest BCUT2D eigenvalue weighted by Gasteiger charge is 2.19. The van der Waals surface area contributed by atoms with Crippen LogP contribution in [0.4, 0.5) is 0 Å². The van der Waals surface area contributed by atoms with Gasteiger partial charge in [0.2, 0.25) is 0 Å². The van der Waals surface area contributed by atoms with E-state index in [4.69, 9.17) is 5.26 Å². The minimum Gasteiger partial charge on any atom is -0.183 e. The van der Waals surface area contributed by atoms with Crippen LogP contribution in [0.25, 0.3) is 0 Å². The van der Waals surface area contributed by atoms with Gasteiger partial charge in [0.15, 0.2) is 6.07 Å². The average molecular weight is 336 g/mol. The monoisotopic (exact) mass is 335 g/mol. The molecule has 1 aromatic rings. The Morgan fingerprint density at radius 2 is 1.52 bits per heavy atom. The molecule has 1 aliphatic carbocycles. The van der Waals surface area contributed by atoms with Gasteiger partial charge in [-0.2, -0.15) is 5.26 Å². The van der Waals surface area contributed by atoms with Gasteiger partial charge < -0.3 is 0 Å². The summed E-state index contributed by atoms with van der Waals surface area (Å²) in [6.07, 6.45) is 15.4. The van der Waals surface area contributed by atoms with Crippen molar-refractivity contribution < 1.29 is 0 Å². The molecule has 1 aromatic carbocycles. The predicted molar refractivity (Wildman–Crippen MR) is 106 cm³/mol. The second kappa shape index (κ2) is 11.8. The van der Waals surface area contributed by atoms with Gasteiger partial charge in [-0.15, -0.1) is 0 Å². The molecular weight excluding hydrogens is 302 g/mol. The molecule has 2 rings (SSSR count). The van der Waals surface area contributed by atoms with E-state index in [2.05, 4.69) is 43.0 Å². The number of nitriles is 1. The van der Waals surface area contributed by atoms with Gasteiger partial charge in [-0.3, -0.25) is 0 Å². The Morgan fingerprint density at radius 3 is 2.16 bits per heavy atom. The smallest absolute Gasteiger partial charge is 0.152 e. The van der Waals surface area contributed by atoms with Gasteiger partial charge in [0, 0.05) is 11.8 Å². The number of benzene rings is 1. The third kappa shape index (κ3) is 7.79. The van der Waals surface area contributed by atoms with Crippen LogP contribution in [0.2, 0.25) is 0 Å². The molecule has 1 heteroatoms. The number of hydrogen-bond acceptors (Lipinski definition) is 1. The van der Waals surface area contributed by atoms with E-state index in [0.717, 1.165) is 5.92 Å². The molecule has 134 valence electrons. The van der Waals surface area contributed by atoms with Gasteiger partial charge in [0.1, 0.15) is 0 Å². The Balaban J connectivity index is 1.64. The summed E-state index contributed by atoms with van der Waals surface area (Å²) in [5.74, 6) is 6.98. The number of rotatable bonds is 9. The molecule has 1 aliphatic rings. The van der Waals surface area contributed by atoms with Crippen LogP contribution in [0.5, 0.6) is 0 Å². The molecule has 1 saturated carbocycles. The van der Waals surface area contributed by atoms with Crippen LogP contribution in [0, 0.1) is 35.0 Å². The van der Waals surface area contributed by atoms with Gasteiger partial charge in [-0.05, 0) is 68.4 Å². The molecule has 0 unspecified atom stereocenters. The number of unbranched alkanes of at least 4 members (excludes halogenated alkanes) is 4. The summed E-state index contributed by atoms with van der Waals surface area (Å²) in [6.45, 7) is 2.27. The highest BCUT2D eigenvalue weighted by Crippen LogP contribution is 2.31. The molecule has 25 heavy (non-hydrogen) atoms. The Hall–Kier alpha value is -1.73. The van der Waals surface area contributed by atoms with E-state index in [-0.39, 0.29) is 0 Å². The van der Waals surface area contributed by atoms with Crippen molar-refractivity contribution in [2.24, 2.45) is 11.8 Å². The quantitative estimate of drug-likeness (QED) is 0.375. The number of hydrogen-bond donors (Lipinski definition) is 0. The molecular formula is C24H33N. The van der Waals surface area contributed by atoms with Crippen molar-refractivity contribution in [1.82, 2.24) is 0 Å². The maximum atomic E-state index is 8.54. The molecule has 1 nitrogen and oxygen atoms in total. The lowest BCUT2D eigenvalue weighted by molar-refractivity contribution is 0.302. The lowest BCUT2D eigenvalue weighted by Crippen LogP contribution is -2.14. The third-order valence-corrected chi connectivity index (χ3v) is 5.61. The summed E-state index contributed by atoms with van der Waals surface area (Å²) in [6, 6.07) is 11.3. The van der Waals surface area contributed by atoms with Crippen molar-refractivity contribution in [2.45, 2.75) is 84.0 Å².